The lowest BCUT2D eigenvalue weighted by Crippen LogP contribution is -2.57. The molecular weight excluding hydrogens is 268 g/mol. The zero-order valence-electron chi connectivity index (χ0n) is 11.2. The molecule has 0 saturated carbocycles. The molecule has 0 aliphatic carbocycles. The topological polar surface area (TPSA) is 51.7 Å². The second kappa shape index (κ2) is 5.25. The molecule has 0 aromatic carbocycles. The predicted molar refractivity (Wildman–Crippen MR) is 71.5 cm³/mol. The van der Waals surface area contributed by atoms with E-state index in [1.165, 1.54) is 0 Å². The molecule has 0 atom stereocenters. The largest absolute Gasteiger partial charge is 0.485 e. The molecule has 0 radical (unpaired) electrons. The van der Waals surface area contributed by atoms with Crippen LogP contribution in [-0.2, 0) is 4.74 Å². The first kappa shape index (κ1) is 13.9. The van der Waals surface area contributed by atoms with Crippen LogP contribution >= 0.6 is 11.6 Å². The minimum absolute atomic E-state index is 0.0181. The molecule has 0 bridgehead atoms. The van der Waals surface area contributed by atoms with Gasteiger partial charge in [0.1, 0.15) is 22.6 Å². The third-order valence-corrected chi connectivity index (χ3v) is 2.73. The van der Waals surface area contributed by atoms with Crippen molar-refractivity contribution in [3.63, 3.8) is 0 Å². The van der Waals surface area contributed by atoms with Gasteiger partial charge in [-0.2, -0.15) is 0 Å². The average molecular weight is 285 g/mol. The molecule has 1 saturated heterocycles. The molecule has 1 fully saturated rings. The van der Waals surface area contributed by atoms with E-state index in [0.29, 0.717) is 24.0 Å². The molecule has 2 rings (SSSR count). The second-order valence-corrected chi connectivity index (χ2v) is 5.83. The van der Waals surface area contributed by atoms with Gasteiger partial charge in [-0.25, -0.2) is 9.78 Å². The van der Waals surface area contributed by atoms with Crippen LogP contribution in [0.1, 0.15) is 20.8 Å². The summed E-state index contributed by atoms with van der Waals surface area (Å²) in [5.74, 6) is 0.651. The molecule has 1 aliphatic rings. The van der Waals surface area contributed by atoms with Crippen molar-refractivity contribution in [3.8, 4) is 5.75 Å². The van der Waals surface area contributed by atoms with Crippen molar-refractivity contribution in [2.75, 3.05) is 13.1 Å². The van der Waals surface area contributed by atoms with Gasteiger partial charge in [-0.15, -0.1) is 0 Å². The average Bonchev–Trinajstić information content (AvgIpc) is 2.22. The first-order valence-electron chi connectivity index (χ1n) is 6.09. The van der Waals surface area contributed by atoms with Crippen molar-refractivity contribution >= 4 is 17.7 Å². The maximum absolute atomic E-state index is 11.7. The zero-order valence-corrected chi connectivity index (χ0v) is 12.0. The summed E-state index contributed by atoms with van der Waals surface area (Å²) in [6.45, 7) is 6.59. The normalized spacial score (nSPS) is 15.9. The highest BCUT2D eigenvalue weighted by Crippen LogP contribution is 2.20. The molecular formula is C13H17ClN2O3. The van der Waals surface area contributed by atoms with Gasteiger partial charge in [-0.05, 0) is 32.9 Å². The van der Waals surface area contributed by atoms with Gasteiger partial charge in [0.15, 0.2) is 0 Å². The number of ether oxygens (including phenoxy) is 2. The second-order valence-electron chi connectivity index (χ2n) is 5.44. The number of carbonyl (C=O) groups is 1. The number of carbonyl (C=O) groups excluding carboxylic acids is 1. The summed E-state index contributed by atoms with van der Waals surface area (Å²) in [5, 5.41) is 0.427. The monoisotopic (exact) mass is 284 g/mol. The van der Waals surface area contributed by atoms with Gasteiger partial charge < -0.3 is 14.4 Å². The molecule has 5 nitrogen and oxygen atoms in total. The maximum Gasteiger partial charge on any atom is 0.410 e. The molecule has 19 heavy (non-hydrogen) atoms. The fourth-order valence-electron chi connectivity index (χ4n) is 1.61. The number of nitrogens with zero attached hydrogens (tertiary/aromatic N) is 2. The van der Waals surface area contributed by atoms with E-state index in [1.54, 1.807) is 23.2 Å². The third kappa shape index (κ3) is 3.99. The lowest BCUT2D eigenvalue weighted by molar-refractivity contribution is -0.0222. The van der Waals surface area contributed by atoms with E-state index in [1.807, 2.05) is 20.8 Å². The molecule has 0 N–H and O–H groups in total. The van der Waals surface area contributed by atoms with Crippen molar-refractivity contribution < 1.29 is 14.3 Å². The Bertz CT molecular complexity index is 450. The highest BCUT2D eigenvalue weighted by atomic mass is 35.5. The Morgan fingerprint density at radius 2 is 2.11 bits per heavy atom. The molecule has 2 heterocycles. The summed E-state index contributed by atoms with van der Waals surface area (Å²) in [6, 6.07) is 3.42. The van der Waals surface area contributed by atoms with E-state index in [0.717, 1.165) is 0 Å². The molecule has 1 amide bonds. The number of rotatable bonds is 2. The van der Waals surface area contributed by atoms with E-state index in [-0.39, 0.29) is 12.2 Å². The molecule has 104 valence electrons. The Hall–Kier alpha value is -1.49. The fraction of sp³-hybridized carbons (Fsp3) is 0.538. The lowest BCUT2D eigenvalue weighted by atomic mass is 10.1. The number of aromatic nitrogens is 1. The smallest absolute Gasteiger partial charge is 0.410 e. The van der Waals surface area contributed by atoms with E-state index in [2.05, 4.69) is 4.98 Å². The van der Waals surface area contributed by atoms with Crippen LogP contribution in [0.5, 0.6) is 5.75 Å². The van der Waals surface area contributed by atoms with Crippen LogP contribution in [0.15, 0.2) is 18.3 Å². The van der Waals surface area contributed by atoms with Crippen LogP contribution < -0.4 is 4.74 Å². The van der Waals surface area contributed by atoms with Crippen LogP contribution in [0.25, 0.3) is 0 Å². The quantitative estimate of drug-likeness (QED) is 0.784. The summed E-state index contributed by atoms with van der Waals surface area (Å²) in [6.07, 6.45) is 1.25. The summed E-state index contributed by atoms with van der Waals surface area (Å²) in [5.41, 5.74) is -0.469. The maximum atomic E-state index is 11.7. The van der Waals surface area contributed by atoms with Crippen molar-refractivity contribution in [1.82, 2.24) is 9.88 Å². The van der Waals surface area contributed by atoms with Gasteiger partial charge in [0.2, 0.25) is 0 Å². The summed E-state index contributed by atoms with van der Waals surface area (Å²) < 4.78 is 10.9. The molecule has 1 aliphatic heterocycles. The third-order valence-electron chi connectivity index (χ3n) is 2.50. The van der Waals surface area contributed by atoms with Crippen molar-refractivity contribution in [2.24, 2.45) is 0 Å². The van der Waals surface area contributed by atoms with Crippen molar-refractivity contribution in [2.45, 2.75) is 32.5 Å². The van der Waals surface area contributed by atoms with E-state index in [4.69, 9.17) is 21.1 Å². The standard InChI is InChI=1S/C13H17ClN2O3/c1-13(2,3)19-12(17)16-7-10(8-16)18-9-4-5-11(14)15-6-9/h4-6,10H,7-8H2,1-3H3. The first-order chi connectivity index (χ1) is 8.83. The van der Waals surface area contributed by atoms with Gasteiger partial charge in [0.05, 0.1) is 19.3 Å². The minimum Gasteiger partial charge on any atom is -0.485 e. The summed E-state index contributed by atoms with van der Waals surface area (Å²) in [7, 11) is 0. The fourth-order valence-corrected chi connectivity index (χ4v) is 1.72. The number of pyridine rings is 1. The Morgan fingerprint density at radius 3 is 2.63 bits per heavy atom. The van der Waals surface area contributed by atoms with Crippen molar-refractivity contribution in [1.29, 1.82) is 0 Å². The molecule has 0 spiro atoms. The van der Waals surface area contributed by atoms with Crippen LogP contribution in [0.3, 0.4) is 0 Å². The predicted octanol–water partition coefficient (Wildman–Crippen LogP) is 2.73. The highest BCUT2D eigenvalue weighted by molar-refractivity contribution is 6.29. The molecule has 1 aromatic heterocycles. The summed E-state index contributed by atoms with van der Waals surface area (Å²) >= 11 is 5.69. The van der Waals surface area contributed by atoms with Gasteiger partial charge in [-0.3, -0.25) is 0 Å². The Labute approximate surface area is 117 Å². The van der Waals surface area contributed by atoms with Crippen LogP contribution in [0, 0.1) is 0 Å². The van der Waals surface area contributed by atoms with E-state index < -0.39 is 5.60 Å². The van der Waals surface area contributed by atoms with Crippen LogP contribution in [-0.4, -0.2) is 40.8 Å². The first-order valence-corrected chi connectivity index (χ1v) is 6.47. The van der Waals surface area contributed by atoms with E-state index in [9.17, 15) is 4.79 Å². The molecule has 1 aromatic rings. The van der Waals surface area contributed by atoms with Crippen LogP contribution in [0.2, 0.25) is 5.15 Å². The van der Waals surface area contributed by atoms with Gasteiger partial charge in [0.25, 0.3) is 0 Å². The lowest BCUT2D eigenvalue weighted by Gasteiger charge is -2.39. The van der Waals surface area contributed by atoms with Gasteiger partial charge in [-0.1, -0.05) is 11.6 Å². The van der Waals surface area contributed by atoms with Crippen molar-refractivity contribution in [3.05, 3.63) is 23.5 Å². The van der Waals surface area contributed by atoms with Gasteiger partial charge >= 0.3 is 6.09 Å². The Balaban J connectivity index is 1.77. The highest BCUT2D eigenvalue weighted by Gasteiger charge is 2.35. The Kier molecular flexibility index (Phi) is 3.85. The number of likely N-dealkylation sites (tertiary alicyclic amines) is 1. The SMILES string of the molecule is CC(C)(C)OC(=O)N1CC(Oc2ccc(Cl)nc2)C1. The molecule has 6 heteroatoms. The number of halogens is 1. The van der Waals surface area contributed by atoms with E-state index >= 15 is 0 Å². The minimum atomic E-state index is -0.469. The number of amides is 1. The summed E-state index contributed by atoms with van der Waals surface area (Å²) in [4.78, 5) is 17.2. The Morgan fingerprint density at radius 1 is 1.42 bits per heavy atom. The number of hydrogen-bond acceptors (Lipinski definition) is 4. The van der Waals surface area contributed by atoms with Crippen LogP contribution in [0.4, 0.5) is 4.79 Å². The van der Waals surface area contributed by atoms with Gasteiger partial charge in [0, 0.05) is 0 Å². The number of hydrogen-bond donors (Lipinski definition) is 0. The molecule has 0 unspecified atom stereocenters. The zero-order chi connectivity index (χ0) is 14.0.